The molecule has 0 radical (unpaired) electrons. The Morgan fingerprint density at radius 2 is 1.96 bits per heavy atom. The molecule has 0 saturated carbocycles. The maximum absolute atomic E-state index is 6.30. The van der Waals surface area contributed by atoms with Crippen molar-refractivity contribution in [3.63, 3.8) is 0 Å². The van der Waals surface area contributed by atoms with E-state index < -0.39 is 8.32 Å². The average Bonchev–Trinajstić information content (AvgIpc) is 3.01. The van der Waals surface area contributed by atoms with Crippen LogP contribution in [0.15, 0.2) is 23.3 Å². The summed E-state index contributed by atoms with van der Waals surface area (Å²) < 4.78 is 18.3. The summed E-state index contributed by atoms with van der Waals surface area (Å²) in [6.45, 7) is 18.3. The molecule has 1 aliphatic heterocycles. The average molecular weight is 381 g/mol. The quantitative estimate of drug-likeness (QED) is 0.387. The van der Waals surface area contributed by atoms with Crippen LogP contribution in [0.25, 0.3) is 0 Å². The van der Waals surface area contributed by atoms with E-state index in [1.54, 1.807) is 0 Å². The number of hydrogen-bond acceptors (Lipinski definition) is 3. The predicted molar refractivity (Wildman–Crippen MR) is 112 cm³/mol. The second-order valence-corrected chi connectivity index (χ2v) is 14.3. The van der Waals surface area contributed by atoms with Crippen molar-refractivity contribution in [3.8, 4) is 0 Å². The van der Waals surface area contributed by atoms with Gasteiger partial charge >= 0.3 is 0 Å². The van der Waals surface area contributed by atoms with Gasteiger partial charge in [0.05, 0.1) is 19.8 Å². The molecular formula is C22H40O3Si. The summed E-state index contributed by atoms with van der Waals surface area (Å²) in [6.07, 6.45) is 10.2. The molecule has 26 heavy (non-hydrogen) atoms. The molecule has 3 nitrogen and oxygen atoms in total. The molecule has 1 heterocycles. The minimum atomic E-state index is -1.66. The van der Waals surface area contributed by atoms with Gasteiger partial charge < -0.3 is 13.9 Å². The molecule has 0 N–H and O–H groups in total. The lowest BCUT2D eigenvalue weighted by Crippen LogP contribution is -2.40. The highest BCUT2D eigenvalue weighted by Crippen LogP contribution is 2.40. The smallest absolute Gasteiger partial charge is 0.192 e. The van der Waals surface area contributed by atoms with Gasteiger partial charge in [0.25, 0.3) is 0 Å². The van der Waals surface area contributed by atoms with Crippen LogP contribution in [0.1, 0.15) is 66.7 Å². The Labute approximate surface area is 162 Å². The van der Waals surface area contributed by atoms with Gasteiger partial charge in [-0.25, -0.2) is 0 Å². The molecule has 0 bridgehead atoms. The highest BCUT2D eigenvalue weighted by Gasteiger charge is 2.41. The molecule has 1 spiro atoms. The Bertz CT molecular complexity index is 522. The van der Waals surface area contributed by atoms with Gasteiger partial charge in [0.2, 0.25) is 0 Å². The van der Waals surface area contributed by atoms with Crippen molar-refractivity contribution >= 4 is 8.32 Å². The molecule has 1 aliphatic carbocycles. The first-order valence-electron chi connectivity index (χ1n) is 10.4. The van der Waals surface area contributed by atoms with Crippen LogP contribution in [0.3, 0.4) is 0 Å². The molecule has 1 unspecified atom stereocenters. The van der Waals surface area contributed by atoms with Crippen LogP contribution in [-0.2, 0) is 13.9 Å². The van der Waals surface area contributed by atoms with Gasteiger partial charge in [-0.3, -0.25) is 0 Å². The van der Waals surface area contributed by atoms with Crippen LogP contribution in [0.5, 0.6) is 0 Å². The van der Waals surface area contributed by atoms with E-state index in [0.29, 0.717) is 5.92 Å². The first kappa shape index (κ1) is 21.9. The number of ether oxygens (including phenoxy) is 2. The monoisotopic (exact) mass is 380 g/mol. The fourth-order valence-corrected chi connectivity index (χ4v) is 4.34. The molecule has 0 amide bonds. The maximum atomic E-state index is 6.30. The van der Waals surface area contributed by atoms with Gasteiger partial charge in [-0.1, -0.05) is 45.4 Å². The highest BCUT2D eigenvalue weighted by atomic mass is 28.4. The van der Waals surface area contributed by atoms with Crippen molar-refractivity contribution in [2.75, 3.05) is 19.8 Å². The van der Waals surface area contributed by atoms with Crippen molar-refractivity contribution < 1.29 is 13.9 Å². The van der Waals surface area contributed by atoms with Gasteiger partial charge in [0.15, 0.2) is 14.1 Å². The summed E-state index contributed by atoms with van der Waals surface area (Å²) >= 11 is 0. The van der Waals surface area contributed by atoms with Crippen LogP contribution in [0.2, 0.25) is 18.1 Å². The lowest BCUT2D eigenvalue weighted by Gasteiger charge is -2.36. The summed E-state index contributed by atoms with van der Waals surface area (Å²) in [5, 5.41) is 0.267. The molecule has 1 fully saturated rings. The zero-order valence-corrected chi connectivity index (χ0v) is 19.1. The first-order chi connectivity index (χ1) is 12.1. The van der Waals surface area contributed by atoms with E-state index in [2.05, 4.69) is 59.9 Å². The Hall–Kier alpha value is -0.423. The van der Waals surface area contributed by atoms with E-state index in [1.165, 1.54) is 17.6 Å². The third kappa shape index (κ3) is 5.31. The fraction of sp³-hybridized carbons (Fsp3) is 0.818. The molecule has 1 atom stereocenters. The van der Waals surface area contributed by atoms with E-state index in [4.69, 9.17) is 13.9 Å². The van der Waals surface area contributed by atoms with Crippen molar-refractivity contribution in [3.05, 3.63) is 23.3 Å². The molecule has 4 heteroatoms. The molecule has 0 aromatic heterocycles. The fourth-order valence-electron chi connectivity index (χ4n) is 3.40. The second kappa shape index (κ2) is 8.72. The SMILES string of the molecule is C/C(=C/CO[Si](C)(C)C(C)(C)C)C(C)CCC1=CCCCC12OCCO2. The maximum Gasteiger partial charge on any atom is 0.192 e. The summed E-state index contributed by atoms with van der Waals surface area (Å²) in [5.74, 6) is 0.167. The van der Waals surface area contributed by atoms with Gasteiger partial charge in [-0.15, -0.1) is 0 Å². The summed E-state index contributed by atoms with van der Waals surface area (Å²) in [4.78, 5) is 0. The minimum absolute atomic E-state index is 0.267. The first-order valence-corrected chi connectivity index (χ1v) is 13.3. The Balaban J connectivity index is 1.85. The van der Waals surface area contributed by atoms with Crippen molar-refractivity contribution in [1.29, 1.82) is 0 Å². The standard InChI is InChI=1S/C22H40O3Si/c1-18(19(2)13-15-25-26(6,7)21(3,4)5)11-12-20-10-8-9-14-22(20)23-16-17-24-22/h10,13,18H,8-9,11-12,14-17H2,1-7H3/b19-13-. The lowest BCUT2D eigenvalue weighted by atomic mass is 9.86. The van der Waals surface area contributed by atoms with E-state index in [0.717, 1.165) is 45.5 Å². The van der Waals surface area contributed by atoms with Crippen molar-refractivity contribution in [1.82, 2.24) is 0 Å². The van der Waals surface area contributed by atoms with Crippen LogP contribution >= 0.6 is 0 Å². The summed E-state index contributed by atoms with van der Waals surface area (Å²) in [6, 6.07) is 0. The van der Waals surface area contributed by atoms with E-state index in [-0.39, 0.29) is 10.8 Å². The molecule has 2 aliphatic rings. The summed E-state index contributed by atoms with van der Waals surface area (Å²) in [5.41, 5.74) is 2.81. The molecule has 150 valence electrons. The molecule has 1 saturated heterocycles. The number of hydrogen-bond donors (Lipinski definition) is 0. The molecule has 2 rings (SSSR count). The van der Waals surface area contributed by atoms with E-state index in [9.17, 15) is 0 Å². The second-order valence-electron chi connectivity index (χ2n) is 9.53. The predicted octanol–water partition coefficient (Wildman–Crippen LogP) is 6.22. The number of rotatable bonds is 7. The third-order valence-corrected chi connectivity index (χ3v) is 11.1. The van der Waals surface area contributed by atoms with Crippen molar-refractivity contribution in [2.24, 2.45) is 5.92 Å². The minimum Gasteiger partial charge on any atom is -0.413 e. The van der Waals surface area contributed by atoms with E-state index in [1.807, 2.05) is 0 Å². The zero-order chi connectivity index (χ0) is 19.4. The van der Waals surface area contributed by atoms with Crippen LogP contribution in [0.4, 0.5) is 0 Å². The molecule has 0 aromatic carbocycles. The Kier molecular flexibility index (Phi) is 7.34. The number of allylic oxidation sites excluding steroid dienone is 2. The topological polar surface area (TPSA) is 27.7 Å². The molecule has 0 aromatic rings. The Morgan fingerprint density at radius 1 is 1.31 bits per heavy atom. The van der Waals surface area contributed by atoms with Crippen LogP contribution in [0, 0.1) is 5.92 Å². The normalized spacial score (nSPS) is 22.6. The van der Waals surface area contributed by atoms with Crippen LogP contribution in [-0.4, -0.2) is 33.9 Å². The molecular weight excluding hydrogens is 340 g/mol. The van der Waals surface area contributed by atoms with Gasteiger partial charge in [0.1, 0.15) is 0 Å². The van der Waals surface area contributed by atoms with Crippen LogP contribution < -0.4 is 0 Å². The van der Waals surface area contributed by atoms with Gasteiger partial charge in [-0.2, -0.15) is 0 Å². The highest BCUT2D eigenvalue weighted by molar-refractivity contribution is 6.74. The van der Waals surface area contributed by atoms with Gasteiger partial charge in [-0.05, 0) is 62.2 Å². The summed E-state index contributed by atoms with van der Waals surface area (Å²) in [7, 11) is -1.66. The third-order valence-electron chi connectivity index (χ3n) is 6.62. The van der Waals surface area contributed by atoms with E-state index >= 15 is 0 Å². The van der Waals surface area contributed by atoms with Gasteiger partial charge in [0, 0.05) is 6.42 Å². The largest absolute Gasteiger partial charge is 0.413 e. The Morgan fingerprint density at radius 3 is 2.58 bits per heavy atom. The van der Waals surface area contributed by atoms with Crippen molar-refractivity contribution in [2.45, 2.75) is 90.6 Å². The lowest BCUT2D eigenvalue weighted by molar-refractivity contribution is -0.136. The zero-order valence-electron chi connectivity index (χ0n) is 18.1.